The molecule has 2 rings (SSSR count). The van der Waals surface area contributed by atoms with Gasteiger partial charge in [0.05, 0.1) is 0 Å². The number of rotatable bonds is 5. The fraction of sp³-hybridized carbons (Fsp3) is 0.562. The molecule has 0 aliphatic carbocycles. The van der Waals surface area contributed by atoms with Crippen LogP contribution in [0.1, 0.15) is 18.9 Å². The molecule has 0 aromatic heterocycles. The first kappa shape index (κ1) is 15.3. The van der Waals surface area contributed by atoms with E-state index in [0.29, 0.717) is 6.04 Å². The number of nitrogens with zero attached hydrogens (tertiary/aromatic N) is 2. The number of hydrogen-bond acceptors (Lipinski definition) is 2. The molecule has 110 valence electrons. The van der Waals surface area contributed by atoms with Gasteiger partial charge in [0.2, 0.25) is 5.91 Å². The summed E-state index contributed by atoms with van der Waals surface area (Å²) in [6, 6.07) is 11.2. The van der Waals surface area contributed by atoms with Crippen LogP contribution in [-0.4, -0.2) is 53.8 Å². The summed E-state index contributed by atoms with van der Waals surface area (Å²) in [6.45, 7) is 5.81. The van der Waals surface area contributed by atoms with Crippen LogP contribution in [0.2, 0.25) is 0 Å². The normalized spacial score (nSPS) is 18.0. The lowest BCUT2D eigenvalue weighted by Gasteiger charge is -2.38. The molecule has 1 fully saturated rings. The van der Waals surface area contributed by atoms with Crippen molar-refractivity contribution in [1.82, 2.24) is 9.80 Å². The minimum Gasteiger partial charge on any atom is -0.339 e. The van der Waals surface area contributed by atoms with Crippen molar-refractivity contribution in [3.05, 3.63) is 35.9 Å². The van der Waals surface area contributed by atoms with Crippen molar-refractivity contribution in [2.75, 3.05) is 32.1 Å². The fourth-order valence-corrected chi connectivity index (χ4v) is 2.87. The molecular formula is C16H23ClN2O. The maximum absolute atomic E-state index is 11.5. The molecule has 1 aromatic carbocycles. The third-order valence-electron chi connectivity index (χ3n) is 4.10. The van der Waals surface area contributed by atoms with E-state index in [9.17, 15) is 4.79 Å². The number of amides is 1. The van der Waals surface area contributed by atoms with Crippen LogP contribution >= 0.6 is 11.6 Å². The summed E-state index contributed by atoms with van der Waals surface area (Å²) in [7, 11) is 0. The van der Waals surface area contributed by atoms with Gasteiger partial charge in [-0.3, -0.25) is 9.69 Å². The van der Waals surface area contributed by atoms with Crippen LogP contribution in [0.15, 0.2) is 30.3 Å². The molecule has 1 heterocycles. The van der Waals surface area contributed by atoms with Crippen molar-refractivity contribution in [2.45, 2.75) is 25.8 Å². The zero-order chi connectivity index (χ0) is 14.4. The highest BCUT2D eigenvalue weighted by molar-refractivity contribution is 6.27. The summed E-state index contributed by atoms with van der Waals surface area (Å²) in [6.07, 6.45) is 2.27. The van der Waals surface area contributed by atoms with Gasteiger partial charge in [-0.15, -0.1) is 11.6 Å². The molecule has 1 atom stereocenters. The molecule has 1 aromatic rings. The molecule has 0 spiro atoms. The van der Waals surface area contributed by atoms with Gasteiger partial charge >= 0.3 is 0 Å². The number of carbonyl (C=O) groups is 1. The third-order valence-corrected chi connectivity index (χ3v) is 4.33. The van der Waals surface area contributed by atoms with Gasteiger partial charge in [-0.05, 0) is 25.3 Å². The molecule has 4 heteroatoms. The smallest absolute Gasteiger partial charge is 0.237 e. The summed E-state index contributed by atoms with van der Waals surface area (Å²) in [5.74, 6) is 0.159. The van der Waals surface area contributed by atoms with E-state index in [0.717, 1.165) is 39.0 Å². The summed E-state index contributed by atoms with van der Waals surface area (Å²) in [4.78, 5) is 15.9. The molecule has 0 N–H and O–H groups in total. The minimum atomic E-state index is 0.0586. The van der Waals surface area contributed by atoms with Crippen LogP contribution in [0.3, 0.4) is 0 Å². The Balaban J connectivity index is 1.74. The van der Waals surface area contributed by atoms with Gasteiger partial charge in [0.25, 0.3) is 0 Å². The van der Waals surface area contributed by atoms with E-state index in [1.165, 1.54) is 5.56 Å². The third kappa shape index (κ3) is 4.22. The van der Waals surface area contributed by atoms with Crippen LogP contribution in [0.5, 0.6) is 0 Å². The summed E-state index contributed by atoms with van der Waals surface area (Å²) >= 11 is 5.60. The lowest BCUT2D eigenvalue weighted by Crippen LogP contribution is -2.51. The van der Waals surface area contributed by atoms with E-state index in [-0.39, 0.29) is 11.8 Å². The van der Waals surface area contributed by atoms with E-state index in [1.807, 2.05) is 4.90 Å². The number of halogens is 1. The largest absolute Gasteiger partial charge is 0.339 e. The van der Waals surface area contributed by atoms with Gasteiger partial charge in [-0.25, -0.2) is 0 Å². The zero-order valence-electron chi connectivity index (χ0n) is 12.1. The van der Waals surface area contributed by atoms with E-state index in [4.69, 9.17) is 11.6 Å². The van der Waals surface area contributed by atoms with E-state index in [1.54, 1.807) is 0 Å². The van der Waals surface area contributed by atoms with Crippen molar-refractivity contribution in [3.63, 3.8) is 0 Å². The second-order valence-electron chi connectivity index (χ2n) is 5.42. The summed E-state index contributed by atoms with van der Waals surface area (Å²) in [5, 5.41) is 0. The highest BCUT2D eigenvalue weighted by Crippen LogP contribution is 2.12. The highest BCUT2D eigenvalue weighted by atomic mass is 35.5. The molecular weight excluding hydrogens is 272 g/mol. The van der Waals surface area contributed by atoms with Crippen LogP contribution in [0.4, 0.5) is 0 Å². The van der Waals surface area contributed by atoms with E-state index >= 15 is 0 Å². The zero-order valence-corrected chi connectivity index (χ0v) is 12.9. The van der Waals surface area contributed by atoms with Crippen LogP contribution < -0.4 is 0 Å². The van der Waals surface area contributed by atoms with E-state index in [2.05, 4.69) is 42.2 Å². The minimum absolute atomic E-state index is 0.0586. The maximum atomic E-state index is 11.5. The predicted molar refractivity (Wildman–Crippen MR) is 83.1 cm³/mol. The maximum Gasteiger partial charge on any atom is 0.237 e. The monoisotopic (exact) mass is 294 g/mol. The molecule has 3 nitrogen and oxygen atoms in total. The molecule has 1 aliphatic heterocycles. The lowest BCUT2D eigenvalue weighted by atomic mass is 10.0. The summed E-state index contributed by atoms with van der Waals surface area (Å²) in [5.41, 5.74) is 1.40. The highest BCUT2D eigenvalue weighted by Gasteiger charge is 2.23. The lowest BCUT2D eigenvalue weighted by molar-refractivity contribution is -0.130. The molecule has 1 amide bonds. The van der Waals surface area contributed by atoms with Gasteiger partial charge in [0.15, 0.2) is 0 Å². The molecule has 0 saturated carbocycles. The molecule has 1 saturated heterocycles. The van der Waals surface area contributed by atoms with Crippen molar-refractivity contribution < 1.29 is 4.79 Å². The van der Waals surface area contributed by atoms with Crippen LogP contribution in [0, 0.1) is 0 Å². The number of aryl methyl sites for hydroxylation is 1. The van der Waals surface area contributed by atoms with Gasteiger partial charge in [0, 0.05) is 32.2 Å². The van der Waals surface area contributed by atoms with Crippen LogP contribution in [-0.2, 0) is 11.2 Å². The Hall–Kier alpha value is -1.06. The Morgan fingerprint density at radius 2 is 1.85 bits per heavy atom. The molecule has 1 aliphatic rings. The van der Waals surface area contributed by atoms with Crippen molar-refractivity contribution in [1.29, 1.82) is 0 Å². The predicted octanol–water partition coefficient (Wildman–Crippen LogP) is 2.39. The quantitative estimate of drug-likeness (QED) is 0.779. The van der Waals surface area contributed by atoms with E-state index < -0.39 is 0 Å². The number of benzene rings is 1. The Morgan fingerprint density at radius 3 is 2.45 bits per heavy atom. The Bertz CT molecular complexity index is 416. The molecule has 0 bridgehead atoms. The van der Waals surface area contributed by atoms with Gasteiger partial charge in [-0.2, -0.15) is 0 Å². The first-order chi connectivity index (χ1) is 9.70. The van der Waals surface area contributed by atoms with Gasteiger partial charge < -0.3 is 4.90 Å². The van der Waals surface area contributed by atoms with Crippen molar-refractivity contribution in [2.24, 2.45) is 0 Å². The van der Waals surface area contributed by atoms with Gasteiger partial charge in [0.1, 0.15) is 5.88 Å². The second-order valence-corrected chi connectivity index (χ2v) is 5.69. The standard InChI is InChI=1S/C16H23ClN2O/c1-14(7-8-15-5-3-2-4-6-15)18-9-11-19(12-10-18)16(20)13-17/h2-6,14H,7-13H2,1H3. The fourth-order valence-electron chi connectivity index (χ4n) is 2.70. The molecule has 1 unspecified atom stereocenters. The molecule has 20 heavy (non-hydrogen) atoms. The average molecular weight is 295 g/mol. The Labute approximate surface area is 126 Å². The van der Waals surface area contributed by atoms with Crippen LogP contribution in [0.25, 0.3) is 0 Å². The second kappa shape index (κ2) is 7.65. The Morgan fingerprint density at radius 1 is 1.20 bits per heavy atom. The summed E-state index contributed by atoms with van der Waals surface area (Å²) < 4.78 is 0. The number of piperazine rings is 1. The first-order valence-corrected chi connectivity index (χ1v) is 7.86. The average Bonchev–Trinajstić information content (AvgIpc) is 2.53. The topological polar surface area (TPSA) is 23.6 Å². The van der Waals surface area contributed by atoms with Crippen molar-refractivity contribution in [3.8, 4) is 0 Å². The Kier molecular flexibility index (Phi) is 5.86. The number of carbonyl (C=O) groups excluding carboxylic acids is 1. The SMILES string of the molecule is CC(CCc1ccccc1)N1CCN(C(=O)CCl)CC1. The number of hydrogen-bond donors (Lipinski definition) is 0. The van der Waals surface area contributed by atoms with Gasteiger partial charge in [-0.1, -0.05) is 30.3 Å². The number of alkyl halides is 1. The molecule has 0 radical (unpaired) electrons. The first-order valence-electron chi connectivity index (χ1n) is 7.32. The van der Waals surface area contributed by atoms with Crippen molar-refractivity contribution >= 4 is 17.5 Å².